The number of benzene rings is 1. The first-order valence-electron chi connectivity index (χ1n) is 11.9. The van der Waals surface area contributed by atoms with Gasteiger partial charge in [0.05, 0.1) is 13.2 Å². The van der Waals surface area contributed by atoms with Gasteiger partial charge in [-0.05, 0) is 36.5 Å². The molecule has 2 aromatic heterocycles. The first-order chi connectivity index (χ1) is 17.5. The number of aromatic nitrogens is 2. The lowest BCUT2D eigenvalue weighted by molar-refractivity contribution is 0.0627. The number of aromatic amines is 1. The van der Waals surface area contributed by atoms with Crippen molar-refractivity contribution in [1.29, 1.82) is 0 Å². The average molecular weight is 487 g/mol. The van der Waals surface area contributed by atoms with Crippen LogP contribution < -0.4 is 31.8 Å². The van der Waals surface area contributed by atoms with E-state index in [1.165, 1.54) is 0 Å². The third-order valence-corrected chi connectivity index (χ3v) is 6.31. The van der Waals surface area contributed by atoms with Crippen LogP contribution in [0.25, 0.3) is 23.7 Å². The second kappa shape index (κ2) is 10.2. The van der Waals surface area contributed by atoms with Crippen molar-refractivity contribution >= 4 is 42.3 Å². The molecule has 5 rings (SSSR count). The number of amides is 2. The second-order valence-electron chi connectivity index (χ2n) is 8.88. The zero-order valence-electron chi connectivity index (χ0n) is 20.0. The minimum Gasteiger partial charge on any atom is -0.378 e. The molecule has 36 heavy (non-hydrogen) atoms. The number of H-pyrrole nitrogens is 1. The summed E-state index contributed by atoms with van der Waals surface area (Å²) in [7, 11) is 0. The number of morpholine rings is 1. The van der Waals surface area contributed by atoms with E-state index in [-0.39, 0.29) is 12.1 Å². The van der Waals surface area contributed by atoms with Crippen LogP contribution in [0.4, 0.5) is 22.0 Å². The largest absolute Gasteiger partial charge is 0.378 e. The first-order valence-corrected chi connectivity index (χ1v) is 11.9. The number of pyridine rings is 1. The van der Waals surface area contributed by atoms with Crippen molar-refractivity contribution in [2.45, 2.75) is 6.04 Å². The van der Waals surface area contributed by atoms with Gasteiger partial charge in [0.1, 0.15) is 11.6 Å². The van der Waals surface area contributed by atoms with Gasteiger partial charge in [-0.25, -0.2) is 14.8 Å². The zero-order valence-corrected chi connectivity index (χ0v) is 20.0. The molecular formula is C26H30N8O2. The topological polar surface area (TPSA) is 124 Å². The highest BCUT2D eigenvalue weighted by Crippen LogP contribution is 2.22. The zero-order chi connectivity index (χ0) is 25.1. The van der Waals surface area contributed by atoms with Crippen LogP contribution in [-0.2, 0) is 4.74 Å². The fourth-order valence-electron chi connectivity index (χ4n) is 4.40. The van der Waals surface area contributed by atoms with E-state index < -0.39 is 0 Å². The monoisotopic (exact) mass is 486 g/mol. The van der Waals surface area contributed by atoms with Crippen molar-refractivity contribution in [1.82, 2.24) is 14.9 Å². The minimum atomic E-state index is -0.364. The number of anilines is 3. The van der Waals surface area contributed by atoms with Crippen LogP contribution in [0.1, 0.15) is 0 Å². The van der Waals surface area contributed by atoms with Crippen LogP contribution in [-0.4, -0.2) is 73.1 Å². The SMILES string of the molecule is C=N/C(=c1/cc(-c2ccc(NC(=O)Nc3cc(N4CC(N)C4)ccn3)cc2)[nH]c1=C)N1CCOCC1. The van der Waals surface area contributed by atoms with Gasteiger partial charge in [-0.1, -0.05) is 18.7 Å². The maximum absolute atomic E-state index is 12.5. The molecule has 10 nitrogen and oxygen atoms in total. The van der Waals surface area contributed by atoms with Gasteiger partial charge in [0, 0.05) is 72.1 Å². The molecule has 0 spiro atoms. The second-order valence-corrected chi connectivity index (χ2v) is 8.88. The van der Waals surface area contributed by atoms with Crippen molar-refractivity contribution < 1.29 is 9.53 Å². The molecule has 0 atom stereocenters. The van der Waals surface area contributed by atoms with Gasteiger partial charge < -0.3 is 30.6 Å². The molecule has 10 heteroatoms. The predicted molar refractivity (Wildman–Crippen MR) is 143 cm³/mol. The molecule has 0 aliphatic carbocycles. The van der Waals surface area contributed by atoms with E-state index in [0.29, 0.717) is 24.7 Å². The molecule has 0 radical (unpaired) electrons. The van der Waals surface area contributed by atoms with Gasteiger partial charge in [-0.3, -0.25) is 5.32 Å². The lowest BCUT2D eigenvalue weighted by Crippen LogP contribution is -2.55. The number of nitrogens with one attached hydrogen (secondary N) is 3. The van der Waals surface area contributed by atoms with E-state index in [1.54, 1.807) is 6.20 Å². The summed E-state index contributed by atoms with van der Waals surface area (Å²) in [5.74, 6) is 1.28. The third kappa shape index (κ3) is 5.09. The Bertz CT molecular complexity index is 1360. The van der Waals surface area contributed by atoms with Crippen molar-refractivity contribution in [3.8, 4) is 11.3 Å². The Morgan fingerprint density at radius 3 is 2.58 bits per heavy atom. The number of carbonyl (C=O) groups excluding carboxylic acids is 1. The Morgan fingerprint density at radius 1 is 1.14 bits per heavy atom. The maximum atomic E-state index is 12.5. The highest BCUT2D eigenvalue weighted by molar-refractivity contribution is 5.99. The van der Waals surface area contributed by atoms with Gasteiger partial charge in [0.2, 0.25) is 0 Å². The molecule has 1 aromatic carbocycles. The molecule has 2 saturated heterocycles. The maximum Gasteiger partial charge on any atom is 0.324 e. The van der Waals surface area contributed by atoms with Crippen LogP contribution in [0, 0.1) is 0 Å². The number of rotatable bonds is 6. The Balaban J connectivity index is 1.26. The molecule has 4 heterocycles. The predicted octanol–water partition coefficient (Wildman–Crippen LogP) is 1.38. The summed E-state index contributed by atoms with van der Waals surface area (Å²) in [5.41, 5.74) is 9.38. The summed E-state index contributed by atoms with van der Waals surface area (Å²) in [4.78, 5) is 28.7. The van der Waals surface area contributed by atoms with E-state index >= 15 is 0 Å². The average Bonchev–Trinajstić information content (AvgIpc) is 3.25. The summed E-state index contributed by atoms with van der Waals surface area (Å²) >= 11 is 0. The normalized spacial score (nSPS) is 16.8. The number of aliphatic imine (C=N–C) groups is 1. The molecule has 2 amide bonds. The highest BCUT2D eigenvalue weighted by atomic mass is 16.5. The first kappa shape index (κ1) is 23.6. The number of hydrogen-bond acceptors (Lipinski definition) is 7. The molecule has 186 valence electrons. The fourth-order valence-corrected chi connectivity index (χ4v) is 4.40. The Hall–Kier alpha value is -4.15. The van der Waals surface area contributed by atoms with Gasteiger partial charge in [0.15, 0.2) is 0 Å². The third-order valence-electron chi connectivity index (χ3n) is 6.31. The molecular weight excluding hydrogens is 456 g/mol. The summed E-state index contributed by atoms with van der Waals surface area (Å²) in [5, 5.41) is 7.32. The highest BCUT2D eigenvalue weighted by Gasteiger charge is 2.23. The van der Waals surface area contributed by atoms with Gasteiger partial charge in [-0.15, -0.1) is 0 Å². The fraction of sp³-hybridized carbons (Fsp3) is 0.269. The molecule has 5 N–H and O–H groups in total. The molecule has 2 aliphatic heterocycles. The minimum absolute atomic E-state index is 0.196. The summed E-state index contributed by atoms with van der Waals surface area (Å²) in [6, 6.07) is 13.2. The van der Waals surface area contributed by atoms with E-state index in [9.17, 15) is 4.79 Å². The van der Waals surface area contributed by atoms with Crippen LogP contribution in [0.5, 0.6) is 0 Å². The van der Waals surface area contributed by atoms with Gasteiger partial charge in [0.25, 0.3) is 0 Å². The molecule has 3 aromatic rings. The molecule has 0 bridgehead atoms. The number of carbonyl (C=O) groups is 1. The van der Waals surface area contributed by atoms with Crippen molar-refractivity contribution in [2.24, 2.45) is 10.7 Å². The summed E-state index contributed by atoms with van der Waals surface area (Å²) in [6.07, 6.45) is 1.68. The summed E-state index contributed by atoms with van der Waals surface area (Å²) < 4.78 is 5.45. The van der Waals surface area contributed by atoms with E-state index in [1.807, 2.05) is 42.5 Å². The van der Waals surface area contributed by atoms with E-state index in [0.717, 1.165) is 59.5 Å². The Labute approximate surface area is 209 Å². The smallest absolute Gasteiger partial charge is 0.324 e. The van der Waals surface area contributed by atoms with E-state index in [2.05, 4.69) is 48.7 Å². The van der Waals surface area contributed by atoms with Crippen LogP contribution in [0.2, 0.25) is 0 Å². The number of urea groups is 1. The standard InChI is InChI=1S/C26H30N8O2/c1-17-22(25(28-2)33-9-11-36-12-10-33)14-23(30-17)18-3-5-20(6-4-18)31-26(35)32-24-13-21(7-8-29-24)34-15-19(27)16-34/h3-8,13-14,19,30H,1-2,9-12,15-16,27H2,(H2,29,31,32,35)/b25-22+. The number of hydrogen-bond donors (Lipinski definition) is 4. The molecule has 2 fully saturated rings. The van der Waals surface area contributed by atoms with Gasteiger partial charge >= 0.3 is 6.03 Å². The Kier molecular flexibility index (Phi) is 6.70. The Morgan fingerprint density at radius 2 is 1.89 bits per heavy atom. The molecule has 0 unspecified atom stereocenters. The molecule has 2 aliphatic rings. The quantitative estimate of drug-likeness (QED) is 0.390. The lowest BCUT2D eigenvalue weighted by Gasteiger charge is -2.38. The van der Waals surface area contributed by atoms with Crippen LogP contribution >= 0.6 is 0 Å². The number of nitrogens with zero attached hydrogens (tertiary/aromatic N) is 4. The molecule has 0 saturated carbocycles. The van der Waals surface area contributed by atoms with Crippen molar-refractivity contribution in [3.63, 3.8) is 0 Å². The summed E-state index contributed by atoms with van der Waals surface area (Å²) in [6.45, 7) is 12.4. The number of nitrogens with two attached hydrogens (primary N) is 1. The van der Waals surface area contributed by atoms with Crippen LogP contribution in [0.15, 0.2) is 53.7 Å². The number of ether oxygens (including phenoxy) is 1. The van der Waals surface area contributed by atoms with Crippen LogP contribution in [0.3, 0.4) is 0 Å². The van der Waals surface area contributed by atoms with E-state index in [4.69, 9.17) is 10.5 Å². The van der Waals surface area contributed by atoms with Crippen molar-refractivity contribution in [3.05, 3.63) is 59.2 Å². The van der Waals surface area contributed by atoms with Crippen molar-refractivity contribution in [2.75, 3.05) is 54.9 Å². The lowest BCUT2D eigenvalue weighted by atomic mass is 10.1. The van der Waals surface area contributed by atoms with Gasteiger partial charge in [-0.2, -0.15) is 0 Å².